The van der Waals surface area contributed by atoms with Gasteiger partial charge in [-0.15, -0.1) is 0 Å². The molecule has 3 rings (SSSR count). The lowest BCUT2D eigenvalue weighted by Gasteiger charge is -2.18. The Bertz CT molecular complexity index is 636. The maximum Gasteiger partial charge on any atom is 0.236 e. The van der Waals surface area contributed by atoms with Gasteiger partial charge in [0.2, 0.25) is 5.91 Å². The number of hydrogen-bond acceptors (Lipinski definition) is 1. The van der Waals surface area contributed by atoms with Gasteiger partial charge in [0, 0.05) is 10.2 Å². The van der Waals surface area contributed by atoms with E-state index in [2.05, 4.69) is 15.9 Å². The maximum atomic E-state index is 12.1. The van der Waals surface area contributed by atoms with E-state index in [4.69, 9.17) is 0 Å². The lowest BCUT2D eigenvalue weighted by Crippen LogP contribution is -2.20. The Hall–Kier alpha value is -1.61. The highest BCUT2D eigenvalue weighted by Gasteiger charge is 2.28. The number of anilines is 2. The number of fused-ring (bicyclic) bond motifs is 1. The van der Waals surface area contributed by atoms with E-state index in [0.29, 0.717) is 6.42 Å². The van der Waals surface area contributed by atoms with Crippen LogP contribution in [0.1, 0.15) is 11.1 Å². The molecule has 0 unspecified atom stereocenters. The summed E-state index contributed by atoms with van der Waals surface area (Å²) >= 11 is 3.48. The van der Waals surface area contributed by atoms with E-state index in [-0.39, 0.29) is 5.91 Å². The first-order chi connectivity index (χ1) is 8.66. The van der Waals surface area contributed by atoms with Crippen LogP contribution in [0.15, 0.2) is 46.9 Å². The Labute approximate surface area is 114 Å². The van der Waals surface area contributed by atoms with Gasteiger partial charge in [0.1, 0.15) is 0 Å². The molecule has 1 amide bonds. The van der Waals surface area contributed by atoms with Gasteiger partial charge >= 0.3 is 0 Å². The highest BCUT2D eigenvalue weighted by molar-refractivity contribution is 9.10. The van der Waals surface area contributed by atoms with E-state index >= 15 is 0 Å². The zero-order chi connectivity index (χ0) is 12.7. The Morgan fingerprint density at radius 3 is 2.72 bits per heavy atom. The molecule has 18 heavy (non-hydrogen) atoms. The van der Waals surface area contributed by atoms with Crippen molar-refractivity contribution in [1.29, 1.82) is 0 Å². The predicted octanol–water partition coefficient (Wildman–Crippen LogP) is 3.98. The van der Waals surface area contributed by atoms with Gasteiger partial charge in [0.15, 0.2) is 0 Å². The highest BCUT2D eigenvalue weighted by atomic mass is 79.9. The van der Waals surface area contributed by atoms with Crippen LogP contribution in [0.25, 0.3) is 0 Å². The van der Waals surface area contributed by atoms with Gasteiger partial charge in [-0.3, -0.25) is 9.69 Å². The molecule has 2 aromatic rings. The van der Waals surface area contributed by atoms with Crippen molar-refractivity contribution < 1.29 is 4.79 Å². The summed E-state index contributed by atoms with van der Waals surface area (Å²) < 4.78 is 1.06. The third-order valence-corrected chi connectivity index (χ3v) is 4.11. The number of amides is 1. The summed E-state index contributed by atoms with van der Waals surface area (Å²) in [4.78, 5) is 13.9. The Morgan fingerprint density at radius 2 is 1.94 bits per heavy atom. The van der Waals surface area contributed by atoms with Gasteiger partial charge in [0.05, 0.1) is 12.1 Å². The van der Waals surface area contributed by atoms with Crippen molar-refractivity contribution in [1.82, 2.24) is 0 Å². The number of nitrogens with zero attached hydrogens (tertiary/aromatic N) is 1. The van der Waals surface area contributed by atoms with Gasteiger partial charge in [-0.1, -0.05) is 34.1 Å². The molecule has 1 aliphatic rings. The summed E-state index contributed by atoms with van der Waals surface area (Å²) in [5, 5.41) is 0. The van der Waals surface area contributed by atoms with Crippen molar-refractivity contribution >= 4 is 33.2 Å². The summed E-state index contributed by atoms with van der Waals surface area (Å²) in [6.07, 6.45) is 0.491. The topological polar surface area (TPSA) is 20.3 Å². The van der Waals surface area contributed by atoms with Crippen LogP contribution in [0.5, 0.6) is 0 Å². The van der Waals surface area contributed by atoms with E-state index in [1.807, 2.05) is 49.4 Å². The average molecular weight is 302 g/mol. The quantitative estimate of drug-likeness (QED) is 0.780. The minimum Gasteiger partial charge on any atom is -0.280 e. The highest BCUT2D eigenvalue weighted by Crippen LogP contribution is 2.36. The number of para-hydroxylation sites is 1. The Kier molecular flexibility index (Phi) is 2.71. The molecule has 90 valence electrons. The summed E-state index contributed by atoms with van der Waals surface area (Å²) in [5.74, 6) is 0.137. The zero-order valence-corrected chi connectivity index (χ0v) is 11.6. The number of hydrogen-bond donors (Lipinski definition) is 0. The molecule has 0 atom stereocenters. The standard InChI is InChI=1S/C15H12BrNO/c1-10-8-12(6-7-13(10)16)17-14-5-3-2-4-11(14)9-15(17)18/h2-8H,9H2,1H3. The van der Waals surface area contributed by atoms with E-state index in [9.17, 15) is 4.79 Å². The van der Waals surface area contributed by atoms with Crippen molar-refractivity contribution in [3.8, 4) is 0 Å². The van der Waals surface area contributed by atoms with Crippen molar-refractivity contribution in [2.75, 3.05) is 4.90 Å². The van der Waals surface area contributed by atoms with Crippen LogP contribution in [-0.2, 0) is 11.2 Å². The summed E-state index contributed by atoms with van der Waals surface area (Å²) in [6, 6.07) is 13.9. The number of rotatable bonds is 1. The van der Waals surface area contributed by atoms with Crippen LogP contribution < -0.4 is 4.90 Å². The van der Waals surface area contributed by atoms with Crippen molar-refractivity contribution in [3.05, 3.63) is 58.1 Å². The van der Waals surface area contributed by atoms with Crippen LogP contribution >= 0.6 is 15.9 Å². The smallest absolute Gasteiger partial charge is 0.236 e. The Morgan fingerprint density at radius 1 is 1.17 bits per heavy atom. The predicted molar refractivity (Wildman–Crippen MR) is 76.2 cm³/mol. The van der Waals surface area contributed by atoms with Gasteiger partial charge in [-0.25, -0.2) is 0 Å². The summed E-state index contributed by atoms with van der Waals surface area (Å²) in [6.45, 7) is 2.03. The largest absolute Gasteiger partial charge is 0.280 e. The molecule has 3 heteroatoms. The van der Waals surface area contributed by atoms with Crippen LogP contribution in [0.2, 0.25) is 0 Å². The third-order valence-electron chi connectivity index (χ3n) is 3.22. The number of aryl methyl sites for hydroxylation is 1. The molecule has 0 bridgehead atoms. The summed E-state index contributed by atoms with van der Waals surface area (Å²) in [7, 11) is 0. The molecule has 0 aliphatic carbocycles. The van der Waals surface area contributed by atoms with Crippen molar-refractivity contribution in [2.45, 2.75) is 13.3 Å². The molecule has 0 spiro atoms. The minimum absolute atomic E-state index is 0.137. The SMILES string of the molecule is Cc1cc(N2C(=O)Cc3ccccc32)ccc1Br. The second-order valence-corrected chi connectivity index (χ2v) is 5.32. The fourth-order valence-electron chi connectivity index (χ4n) is 2.31. The van der Waals surface area contributed by atoms with Gasteiger partial charge < -0.3 is 0 Å². The average Bonchev–Trinajstić information content (AvgIpc) is 2.69. The number of halogens is 1. The fourth-order valence-corrected chi connectivity index (χ4v) is 2.55. The number of carbonyl (C=O) groups is 1. The second kappa shape index (κ2) is 4.25. The molecular formula is C15H12BrNO. The first-order valence-electron chi connectivity index (χ1n) is 5.84. The first kappa shape index (κ1) is 11.5. The lowest BCUT2D eigenvalue weighted by molar-refractivity contribution is -0.116. The Balaban J connectivity index is 2.11. The molecule has 0 N–H and O–H groups in total. The molecule has 2 nitrogen and oxygen atoms in total. The van der Waals surface area contributed by atoms with Gasteiger partial charge in [-0.2, -0.15) is 0 Å². The molecule has 0 aromatic heterocycles. The van der Waals surface area contributed by atoms with Crippen LogP contribution in [-0.4, -0.2) is 5.91 Å². The van der Waals surface area contributed by atoms with Gasteiger partial charge in [0.25, 0.3) is 0 Å². The molecule has 0 radical (unpaired) electrons. The third kappa shape index (κ3) is 1.75. The van der Waals surface area contributed by atoms with E-state index in [0.717, 1.165) is 27.0 Å². The molecule has 0 fully saturated rings. The normalized spacial score (nSPS) is 13.9. The minimum atomic E-state index is 0.137. The number of benzene rings is 2. The van der Waals surface area contributed by atoms with Crippen LogP contribution in [0, 0.1) is 6.92 Å². The molecule has 2 aromatic carbocycles. The molecule has 1 aliphatic heterocycles. The molecule has 0 saturated heterocycles. The molecular weight excluding hydrogens is 290 g/mol. The van der Waals surface area contributed by atoms with Gasteiger partial charge in [-0.05, 0) is 42.3 Å². The zero-order valence-electron chi connectivity index (χ0n) is 9.98. The summed E-state index contributed by atoms with van der Waals surface area (Å²) in [5.41, 5.74) is 4.17. The maximum absolute atomic E-state index is 12.1. The fraction of sp³-hybridized carbons (Fsp3) is 0.133. The number of carbonyl (C=O) groups excluding carboxylic acids is 1. The molecule has 1 heterocycles. The van der Waals surface area contributed by atoms with Crippen LogP contribution in [0.3, 0.4) is 0 Å². The van der Waals surface area contributed by atoms with Crippen molar-refractivity contribution in [3.63, 3.8) is 0 Å². The monoisotopic (exact) mass is 301 g/mol. The second-order valence-electron chi connectivity index (χ2n) is 4.47. The molecule has 0 saturated carbocycles. The van der Waals surface area contributed by atoms with E-state index < -0.39 is 0 Å². The first-order valence-corrected chi connectivity index (χ1v) is 6.63. The van der Waals surface area contributed by atoms with E-state index in [1.165, 1.54) is 0 Å². The van der Waals surface area contributed by atoms with Crippen LogP contribution in [0.4, 0.5) is 11.4 Å². The van der Waals surface area contributed by atoms with E-state index in [1.54, 1.807) is 4.90 Å². The van der Waals surface area contributed by atoms with Crippen molar-refractivity contribution in [2.24, 2.45) is 0 Å². The lowest BCUT2D eigenvalue weighted by atomic mass is 10.1.